The molecule has 0 aliphatic carbocycles. The Bertz CT molecular complexity index is 498. The first-order valence-electron chi connectivity index (χ1n) is 6.99. The molecular formula is C16H22N2O2S. The first-order valence-corrected chi connectivity index (χ1v) is 7.40. The second-order valence-electron chi connectivity index (χ2n) is 4.83. The minimum atomic E-state index is -0.294. The fraction of sp³-hybridized carbons (Fsp3) is 0.375. The molecule has 0 bridgehead atoms. The molecule has 0 aromatic heterocycles. The molecule has 1 rings (SSSR count). The van der Waals surface area contributed by atoms with Gasteiger partial charge in [-0.3, -0.25) is 0 Å². The van der Waals surface area contributed by atoms with Crippen molar-refractivity contribution in [2.75, 3.05) is 18.5 Å². The van der Waals surface area contributed by atoms with Crippen molar-refractivity contribution in [3.05, 3.63) is 42.0 Å². The minimum absolute atomic E-state index is 0.294. The molecule has 5 heteroatoms. The minimum Gasteiger partial charge on any atom is -0.462 e. The van der Waals surface area contributed by atoms with Crippen molar-refractivity contribution in [3.8, 4) is 0 Å². The molecule has 0 radical (unpaired) electrons. The normalized spacial score (nSPS) is 9.81. The molecule has 0 amide bonds. The summed E-state index contributed by atoms with van der Waals surface area (Å²) in [5, 5.41) is 6.60. The Kier molecular flexibility index (Phi) is 7.46. The van der Waals surface area contributed by atoms with Crippen molar-refractivity contribution in [2.24, 2.45) is 0 Å². The van der Waals surface area contributed by atoms with Crippen LogP contribution < -0.4 is 10.6 Å². The summed E-state index contributed by atoms with van der Waals surface area (Å²) in [6.45, 7) is 8.87. The molecular weight excluding hydrogens is 284 g/mol. The second kappa shape index (κ2) is 9.13. The predicted octanol–water partition coefficient (Wildman–Crippen LogP) is 3.51. The number of carbonyl (C=O) groups excluding carboxylic acids is 1. The maximum Gasteiger partial charge on any atom is 0.338 e. The van der Waals surface area contributed by atoms with Crippen molar-refractivity contribution in [1.29, 1.82) is 0 Å². The van der Waals surface area contributed by atoms with Crippen LogP contribution in [0.4, 0.5) is 5.69 Å². The number of nitrogens with one attached hydrogen (secondary N) is 2. The van der Waals surface area contributed by atoms with Gasteiger partial charge in [-0.1, -0.05) is 25.5 Å². The van der Waals surface area contributed by atoms with Gasteiger partial charge in [-0.25, -0.2) is 4.79 Å². The lowest BCUT2D eigenvalue weighted by Gasteiger charge is -2.10. The summed E-state index contributed by atoms with van der Waals surface area (Å²) in [5.74, 6) is -0.294. The van der Waals surface area contributed by atoms with Gasteiger partial charge in [-0.2, -0.15) is 0 Å². The number of benzene rings is 1. The van der Waals surface area contributed by atoms with Gasteiger partial charge >= 0.3 is 5.97 Å². The molecule has 0 unspecified atom stereocenters. The maximum atomic E-state index is 11.7. The van der Waals surface area contributed by atoms with Crippen molar-refractivity contribution in [1.82, 2.24) is 5.32 Å². The molecule has 0 spiro atoms. The standard InChI is InChI=1S/C16H22N2O2S/c1-4-5-10-20-15(19)13-6-8-14(9-7-13)18-16(21)17-11-12(2)3/h6-9H,2,4-5,10-11H2,1,3H3,(H2,17,18,21). The number of ether oxygens (including phenoxy) is 1. The van der Waals surface area contributed by atoms with Crippen LogP contribution in [0.5, 0.6) is 0 Å². The van der Waals surface area contributed by atoms with E-state index in [4.69, 9.17) is 17.0 Å². The Balaban J connectivity index is 2.48. The monoisotopic (exact) mass is 306 g/mol. The molecule has 0 heterocycles. The largest absolute Gasteiger partial charge is 0.462 e. The lowest BCUT2D eigenvalue weighted by atomic mass is 10.2. The van der Waals surface area contributed by atoms with E-state index in [1.54, 1.807) is 24.3 Å². The van der Waals surface area contributed by atoms with E-state index < -0.39 is 0 Å². The van der Waals surface area contributed by atoms with Crippen molar-refractivity contribution < 1.29 is 9.53 Å². The molecule has 1 aromatic carbocycles. The highest BCUT2D eigenvalue weighted by molar-refractivity contribution is 7.80. The van der Waals surface area contributed by atoms with Crippen LogP contribution >= 0.6 is 12.2 Å². The van der Waals surface area contributed by atoms with E-state index in [0.29, 0.717) is 23.8 Å². The summed E-state index contributed by atoms with van der Waals surface area (Å²) >= 11 is 5.15. The second-order valence-corrected chi connectivity index (χ2v) is 5.24. The van der Waals surface area contributed by atoms with Gasteiger partial charge in [0, 0.05) is 12.2 Å². The first-order chi connectivity index (χ1) is 10.0. The van der Waals surface area contributed by atoms with E-state index in [9.17, 15) is 4.79 Å². The SMILES string of the molecule is C=C(C)CNC(=S)Nc1ccc(C(=O)OCCCC)cc1. The Labute approximate surface area is 131 Å². The number of rotatable bonds is 7. The van der Waals surface area contributed by atoms with Crippen LogP contribution in [0.3, 0.4) is 0 Å². The molecule has 1 aromatic rings. The van der Waals surface area contributed by atoms with E-state index in [-0.39, 0.29) is 5.97 Å². The van der Waals surface area contributed by atoms with Crippen LogP contribution in [-0.4, -0.2) is 24.2 Å². The molecule has 21 heavy (non-hydrogen) atoms. The molecule has 0 aliphatic heterocycles. The molecule has 0 fully saturated rings. The Morgan fingerprint density at radius 2 is 2.00 bits per heavy atom. The van der Waals surface area contributed by atoms with Gasteiger partial charge in [-0.05, 0) is 49.8 Å². The summed E-state index contributed by atoms with van der Waals surface area (Å²) in [5.41, 5.74) is 2.36. The van der Waals surface area contributed by atoms with E-state index in [0.717, 1.165) is 24.1 Å². The fourth-order valence-electron chi connectivity index (χ4n) is 1.49. The zero-order valence-corrected chi connectivity index (χ0v) is 13.4. The van der Waals surface area contributed by atoms with Gasteiger partial charge in [-0.15, -0.1) is 0 Å². The Morgan fingerprint density at radius 3 is 2.57 bits per heavy atom. The molecule has 114 valence electrons. The number of hydrogen-bond donors (Lipinski definition) is 2. The molecule has 2 N–H and O–H groups in total. The van der Waals surface area contributed by atoms with Crippen LogP contribution in [0.2, 0.25) is 0 Å². The van der Waals surface area contributed by atoms with Gasteiger partial charge in [0.15, 0.2) is 5.11 Å². The van der Waals surface area contributed by atoms with Crippen molar-refractivity contribution >= 4 is 29.0 Å². The number of esters is 1. The van der Waals surface area contributed by atoms with Crippen molar-refractivity contribution in [2.45, 2.75) is 26.7 Å². The fourth-order valence-corrected chi connectivity index (χ4v) is 1.68. The van der Waals surface area contributed by atoms with Gasteiger partial charge in [0.1, 0.15) is 0 Å². The predicted molar refractivity (Wildman–Crippen MR) is 90.7 cm³/mol. The summed E-state index contributed by atoms with van der Waals surface area (Å²) in [6.07, 6.45) is 1.89. The zero-order chi connectivity index (χ0) is 15.7. The van der Waals surface area contributed by atoms with Crippen molar-refractivity contribution in [3.63, 3.8) is 0 Å². The molecule has 0 aliphatic rings. The van der Waals surface area contributed by atoms with Crippen LogP contribution in [0.15, 0.2) is 36.4 Å². The number of thiocarbonyl (C=S) groups is 1. The van der Waals surface area contributed by atoms with E-state index in [1.807, 2.05) is 6.92 Å². The Hall–Kier alpha value is -1.88. The quantitative estimate of drug-likeness (QED) is 0.349. The zero-order valence-electron chi connectivity index (χ0n) is 12.6. The Morgan fingerprint density at radius 1 is 1.33 bits per heavy atom. The van der Waals surface area contributed by atoms with Gasteiger partial charge < -0.3 is 15.4 Å². The maximum absolute atomic E-state index is 11.7. The van der Waals surface area contributed by atoms with Gasteiger partial charge in [0.2, 0.25) is 0 Å². The molecule has 0 saturated heterocycles. The average molecular weight is 306 g/mol. The highest BCUT2D eigenvalue weighted by Gasteiger charge is 2.06. The van der Waals surface area contributed by atoms with E-state index >= 15 is 0 Å². The van der Waals surface area contributed by atoms with Gasteiger partial charge in [0.25, 0.3) is 0 Å². The molecule has 0 saturated carbocycles. The summed E-state index contributed by atoms with van der Waals surface area (Å²) < 4.78 is 5.15. The smallest absolute Gasteiger partial charge is 0.338 e. The van der Waals surface area contributed by atoms with Crippen LogP contribution in [0.25, 0.3) is 0 Å². The third kappa shape index (κ3) is 6.90. The third-order valence-electron chi connectivity index (χ3n) is 2.66. The van der Waals surface area contributed by atoms with E-state index in [2.05, 4.69) is 24.1 Å². The lowest BCUT2D eigenvalue weighted by molar-refractivity contribution is 0.0500. The van der Waals surface area contributed by atoms with E-state index in [1.165, 1.54) is 0 Å². The molecule has 4 nitrogen and oxygen atoms in total. The summed E-state index contributed by atoms with van der Waals surface area (Å²) in [7, 11) is 0. The van der Waals surface area contributed by atoms with Crippen LogP contribution in [0.1, 0.15) is 37.0 Å². The third-order valence-corrected chi connectivity index (χ3v) is 2.91. The number of hydrogen-bond acceptors (Lipinski definition) is 3. The average Bonchev–Trinajstić information content (AvgIpc) is 2.46. The summed E-state index contributed by atoms with van der Waals surface area (Å²) in [6, 6.07) is 7.03. The highest BCUT2D eigenvalue weighted by Crippen LogP contribution is 2.10. The van der Waals surface area contributed by atoms with Crippen LogP contribution in [-0.2, 0) is 4.74 Å². The summed E-state index contributed by atoms with van der Waals surface area (Å²) in [4.78, 5) is 11.7. The number of anilines is 1. The first kappa shape index (κ1) is 17.2. The highest BCUT2D eigenvalue weighted by atomic mass is 32.1. The number of carbonyl (C=O) groups is 1. The van der Waals surface area contributed by atoms with Crippen LogP contribution in [0, 0.1) is 0 Å². The lowest BCUT2D eigenvalue weighted by Crippen LogP contribution is -2.29. The molecule has 0 atom stereocenters. The van der Waals surface area contributed by atoms with Gasteiger partial charge in [0.05, 0.1) is 12.2 Å². The topological polar surface area (TPSA) is 50.4 Å². The number of unbranched alkanes of at least 4 members (excludes halogenated alkanes) is 1.